The van der Waals surface area contributed by atoms with Crippen LogP contribution in [0.25, 0.3) is 0 Å². The van der Waals surface area contributed by atoms with Gasteiger partial charge in [-0.15, -0.1) is 0 Å². The molecule has 0 aromatic rings. The van der Waals surface area contributed by atoms with Gasteiger partial charge in [0, 0.05) is 0 Å². The lowest BCUT2D eigenvalue weighted by Gasteiger charge is -2.03. The molecule has 13 atom stereocenters. The Hall–Kier alpha value is 0.680. The highest BCUT2D eigenvalue weighted by Crippen LogP contribution is 2.37. The molecule has 0 aliphatic rings. The molecule has 0 saturated heterocycles. The molecule has 0 amide bonds. The van der Waals surface area contributed by atoms with Crippen molar-refractivity contribution in [2.75, 3.05) is 91.6 Å². The molecule has 0 aliphatic heterocycles. The second-order valence-electron chi connectivity index (χ2n) is 9.06. The highest BCUT2D eigenvalue weighted by atomic mass is 31.1. The molecular formula is C21H50O11P8+8. The summed E-state index contributed by atoms with van der Waals surface area (Å²) >= 11 is 0. The van der Waals surface area contributed by atoms with Gasteiger partial charge in [-0.2, -0.15) is 0 Å². The normalized spacial score (nSPS) is 17.1. The van der Waals surface area contributed by atoms with E-state index < -0.39 is 73.7 Å². The van der Waals surface area contributed by atoms with E-state index in [0.717, 1.165) is 0 Å². The molecule has 3 N–H and O–H groups in total. The van der Waals surface area contributed by atoms with Gasteiger partial charge in [-0.1, -0.05) is 36.5 Å². The Morgan fingerprint density at radius 2 is 0.750 bits per heavy atom. The molecule has 0 bridgehead atoms. The minimum absolute atomic E-state index is 0.0867. The number of hydrogen-bond donors (Lipinski definition) is 3. The molecule has 0 aromatic carbocycles. The summed E-state index contributed by atoms with van der Waals surface area (Å²) in [5, 5.41) is 26.3. The third-order valence-corrected chi connectivity index (χ3v) is 16.8. The zero-order valence-electron chi connectivity index (χ0n) is 25.3. The first-order valence-electron chi connectivity index (χ1n) is 12.2. The molecule has 0 saturated carbocycles. The average Bonchev–Trinajstić information content (AvgIpc) is 2.83. The fraction of sp³-hybridized carbons (Fsp3) is 1.00. The van der Waals surface area contributed by atoms with E-state index in [4.69, 9.17) is 15.3 Å². The van der Waals surface area contributed by atoms with Crippen molar-refractivity contribution in [2.24, 2.45) is 0 Å². The summed E-state index contributed by atoms with van der Waals surface area (Å²) in [4.78, 5) is 0. The first kappa shape index (κ1) is 47.6. The molecule has 0 aromatic heterocycles. The third kappa shape index (κ3) is 28.8. The van der Waals surface area contributed by atoms with E-state index in [1.165, 1.54) is 13.3 Å². The monoisotopic (exact) mass is 726 g/mol. The van der Waals surface area contributed by atoms with Crippen LogP contribution >= 0.6 is 62.4 Å². The second-order valence-corrected chi connectivity index (χ2v) is 23.2. The molecule has 0 aliphatic carbocycles. The molecule has 0 fully saturated rings. The van der Waals surface area contributed by atoms with Crippen LogP contribution in [0.3, 0.4) is 0 Å². The maximum atomic E-state index is 11.0. The van der Waals surface area contributed by atoms with Crippen LogP contribution in [0.4, 0.5) is 0 Å². The predicted molar refractivity (Wildman–Crippen MR) is 174 cm³/mol. The van der Waals surface area contributed by atoms with Crippen LogP contribution in [0.5, 0.6) is 0 Å². The summed E-state index contributed by atoms with van der Waals surface area (Å²) in [5.74, 6) is 0. The standard InChI is InChI=1S/C6H14O4P2.C6H14O2P2.C5H12O3P2.C4H10O2P2/c1-11(9)5(3-7)6(4-8)12(2)10;1-5(9(3)7)6(2)10(4)8;1-9(7)4-5(3-6)10(2)8;1-7(5)3-4-8(2)6/h5-8H,3-4H2,1-2H3;5-6H,1-4H3;5-6H,3-4H2,1-2H3;3-4H2,1-2H3/q4*+2. The fourth-order valence-corrected chi connectivity index (χ4v) is 12.3. The van der Waals surface area contributed by atoms with Crippen LogP contribution in [0.15, 0.2) is 0 Å². The van der Waals surface area contributed by atoms with E-state index in [1.54, 1.807) is 40.0 Å². The Bertz CT molecular complexity index is 801. The van der Waals surface area contributed by atoms with Gasteiger partial charge in [0.2, 0.25) is 17.0 Å². The Morgan fingerprint density at radius 3 is 0.850 bits per heavy atom. The molecule has 11 nitrogen and oxygen atoms in total. The molecule has 19 heteroatoms. The van der Waals surface area contributed by atoms with Crippen molar-refractivity contribution < 1.29 is 51.8 Å². The second kappa shape index (κ2) is 28.5. The van der Waals surface area contributed by atoms with Gasteiger partial charge < -0.3 is 15.3 Å². The Balaban J connectivity index is -0.000000218. The number of aliphatic hydroxyl groups excluding tert-OH is 3. The number of hydrogen-bond acceptors (Lipinski definition) is 11. The lowest BCUT2D eigenvalue weighted by atomic mass is 10.3. The smallest absolute Gasteiger partial charge is 0.346 e. The SMILES string of the molecule is CC(C(C)[P+](C)=O)[P+](C)=O.C[P+](=O)C(CO)C(CO)[P+](C)=O.C[P+](=O)CC(CO)[P+](C)=O.C[P+](=O)CC[P+](C)=O. The van der Waals surface area contributed by atoms with Crippen molar-refractivity contribution in [1.29, 1.82) is 0 Å². The highest BCUT2D eigenvalue weighted by Gasteiger charge is 2.43. The van der Waals surface area contributed by atoms with Crippen molar-refractivity contribution in [3.05, 3.63) is 0 Å². The van der Waals surface area contributed by atoms with E-state index in [0.29, 0.717) is 18.5 Å². The molecule has 40 heavy (non-hydrogen) atoms. The largest absolute Gasteiger partial charge is 0.391 e. The maximum Gasteiger partial charge on any atom is 0.346 e. The average molecular weight is 726 g/mol. The Morgan fingerprint density at radius 1 is 0.450 bits per heavy atom. The quantitative estimate of drug-likeness (QED) is 0.157. The van der Waals surface area contributed by atoms with Crippen molar-refractivity contribution in [1.82, 2.24) is 0 Å². The summed E-state index contributed by atoms with van der Waals surface area (Å²) in [7, 11) is -10.3. The van der Waals surface area contributed by atoms with E-state index in [2.05, 4.69) is 0 Å². The van der Waals surface area contributed by atoms with Crippen LogP contribution in [-0.4, -0.2) is 135 Å². The minimum atomic E-state index is -1.59. The van der Waals surface area contributed by atoms with Crippen molar-refractivity contribution in [3.8, 4) is 0 Å². The summed E-state index contributed by atoms with van der Waals surface area (Å²) < 4.78 is 86.0. The van der Waals surface area contributed by atoms with Crippen molar-refractivity contribution in [2.45, 2.75) is 42.1 Å². The van der Waals surface area contributed by atoms with Gasteiger partial charge in [-0.05, 0) is 13.8 Å². The molecule has 0 spiro atoms. The first-order valence-corrected chi connectivity index (χ1v) is 26.7. The third-order valence-electron chi connectivity index (χ3n) is 5.52. The molecular weight excluding hydrogens is 676 g/mol. The van der Waals surface area contributed by atoms with Crippen LogP contribution in [0, 0.1) is 0 Å². The fourth-order valence-electron chi connectivity index (χ4n) is 2.43. The number of rotatable bonds is 15. The Kier molecular flexibility index (Phi) is 33.9. The summed E-state index contributed by atoms with van der Waals surface area (Å²) in [6, 6.07) is 0. The first-order chi connectivity index (χ1) is 18.2. The van der Waals surface area contributed by atoms with E-state index in [1.807, 2.05) is 13.8 Å². The summed E-state index contributed by atoms with van der Waals surface area (Å²) in [5.41, 5.74) is -1.19. The van der Waals surface area contributed by atoms with Gasteiger partial charge in [-0.3, -0.25) is 0 Å². The molecule has 0 heterocycles. The van der Waals surface area contributed by atoms with E-state index in [9.17, 15) is 36.5 Å². The van der Waals surface area contributed by atoms with E-state index in [-0.39, 0.29) is 36.8 Å². The summed E-state index contributed by atoms with van der Waals surface area (Å²) in [6.07, 6.45) is 1.60. The lowest BCUT2D eigenvalue weighted by Crippen LogP contribution is -2.26. The van der Waals surface area contributed by atoms with E-state index >= 15 is 0 Å². The lowest BCUT2D eigenvalue weighted by molar-refractivity contribution is 0.247. The predicted octanol–water partition coefficient (Wildman–Crippen LogP) is 6.46. The van der Waals surface area contributed by atoms with Crippen LogP contribution in [-0.2, 0) is 36.5 Å². The maximum absolute atomic E-state index is 11.0. The molecule has 232 valence electrons. The van der Waals surface area contributed by atoms with Gasteiger partial charge in [-0.25, -0.2) is 0 Å². The van der Waals surface area contributed by atoms with Crippen molar-refractivity contribution >= 4 is 62.4 Å². The molecule has 13 unspecified atom stereocenters. The molecule has 0 rings (SSSR count). The number of aliphatic hydroxyl groups is 3. The van der Waals surface area contributed by atoms with Crippen LogP contribution < -0.4 is 0 Å². The Labute approximate surface area is 247 Å². The highest BCUT2D eigenvalue weighted by molar-refractivity contribution is 7.50. The topological polar surface area (TPSA) is 197 Å². The zero-order valence-corrected chi connectivity index (χ0v) is 32.5. The molecule has 0 radical (unpaired) electrons. The van der Waals surface area contributed by atoms with Crippen molar-refractivity contribution in [3.63, 3.8) is 0 Å². The van der Waals surface area contributed by atoms with Gasteiger partial charge in [0.05, 0.1) is 19.8 Å². The minimum Gasteiger partial charge on any atom is -0.391 e. The van der Waals surface area contributed by atoms with Gasteiger partial charge in [0.1, 0.15) is 53.3 Å². The van der Waals surface area contributed by atoms with Crippen LogP contribution in [0.1, 0.15) is 13.8 Å². The summed E-state index contributed by atoms with van der Waals surface area (Å²) in [6.45, 7) is 15.9. The van der Waals surface area contributed by atoms with Gasteiger partial charge in [0.25, 0.3) is 0 Å². The van der Waals surface area contributed by atoms with Crippen LogP contribution in [0.2, 0.25) is 0 Å². The zero-order chi connectivity index (χ0) is 32.7. The van der Waals surface area contributed by atoms with Gasteiger partial charge >= 0.3 is 62.4 Å². The van der Waals surface area contributed by atoms with Gasteiger partial charge in [0.15, 0.2) is 29.8 Å².